The molecule has 0 atom stereocenters. The molecule has 1 aromatic carbocycles. The maximum atomic E-state index is 14.1. The van der Waals surface area contributed by atoms with Crippen LogP contribution in [0.2, 0.25) is 10.3 Å². The Hall–Kier alpha value is -1.90. The van der Waals surface area contributed by atoms with E-state index in [1.165, 1.54) is 18.3 Å². The first-order valence-electron chi connectivity index (χ1n) is 6.34. The summed E-state index contributed by atoms with van der Waals surface area (Å²) in [7, 11) is 0. The van der Waals surface area contributed by atoms with E-state index in [0.29, 0.717) is 11.3 Å². The zero-order chi connectivity index (χ0) is 16.3. The Morgan fingerprint density at radius 1 is 1.36 bits per heavy atom. The van der Waals surface area contributed by atoms with Gasteiger partial charge in [0.2, 0.25) is 5.28 Å². The molecule has 114 valence electrons. The molecule has 0 aliphatic rings. The third-order valence-corrected chi connectivity index (χ3v) is 3.27. The van der Waals surface area contributed by atoms with Crippen LogP contribution in [0.1, 0.15) is 13.8 Å². The lowest BCUT2D eigenvalue weighted by atomic mass is 9.98. The quantitative estimate of drug-likeness (QED) is 0.768. The van der Waals surface area contributed by atoms with E-state index in [2.05, 4.69) is 16.0 Å². The van der Waals surface area contributed by atoms with Gasteiger partial charge in [0, 0.05) is 5.56 Å². The van der Waals surface area contributed by atoms with Crippen LogP contribution in [-0.4, -0.2) is 16.6 Å². The largest absolute Gasteiger partial charge is 0.489 e. The van der Waals surface area contributed by atoms with Gasteiger partial charge in [-0.3, -0.25) is 0 Å². The average Bonchev–Trinajstić information content (AvgIpc) is 2.48. The van der Waals surface area contributed by atoms with Gasteiger partial charge in [-0.2, -0.15) is 5.26 Å². The van der Waals surface area contributed by atoms with Gasteiger partial charge in [-0.1, -0.05) is 11.6 Å². The fraction of sp³-hybridized carbons (Fsp3) is 0.267. The molecule has 0 amide bonds. The van der Waals surface area contributed by atoms with Crippen LogP contribution in [0.4, 0.5) is 4.39 Å². The number of nitriles is 1. The number of nitrogens with zero attached hydrogens (tertiary/aromatic N) is 3. The van der Waals surface area contributed by atoms with Crippen LogP contribution in [0.15, 0.2) is 24.4 Å². The minimum Gasteiger partial charge on any atom is -0.489 e. The number of halogens is 3. The van der Waals surface area contributed by atoms with Gasteiger partial charge >= 0.3 is 0 Å². The molecule has 1 heterocycles. The molecule has 1 aromatic heterocycles. The van der Waals surface area contributed by atoms with Crippen LogP contribution >= 0.6 is 23.2 Å². The van der Waals surface area contributed by atoms with Gasteiger partial charge in [-0.25, -0.2) is 14.4 Å². The van der Waals surface area contributed by atoms with Crippen molar-refractivity contribution in [3.8, 4) is 23.1 Å². The Morgan fingerprint density at radius 3 is 2.73 bits per heavy atom. The van der Waals surface area contributed by atoms with E-state index < -0.39 is 11.2 Å². The molecule has 7 heteroatoms. The van der Waals surface area contributed by atoms with Crippen LogP contribution < -0.4 is 4.74 Å². The highest BCUT2D eigenvalue weighted by Gasteiger charge is 2.19. The van der Waals surface area contributed by atoms with E-state index in [1.807, 2.05) is 0 Å². The molecule has 0 N–H and O–H groups in total. The summed E-state index contributed by atoms with van der Waals surface area (Å²) in [6, 6.07) is 6.41. The van der Waals surface area contributed by atoms with E-state index in [-0.39, 0.29) is 22.7 Å². The third kappa shape index (κ3) is 3.85. The van der Waals surface area contributed by atoms with Crippen LogP contribution in [0.25, 0.3) is 11.3 Å². The van der Waals surface area contributed by atoms with Gasteiger partial charge in [-0.15, -0.1) is 0 Å². The van der Waals surface area contributed by atoms with Crippen LogP contribution in [0.3, 0.4) is 0 Å². The number of hydrogen-bond acceptors (Lipinski definition) is 4. The summed E-state index contributed by atoms with van der Waals surface area (Å²) in [6.07, 6.45) is 1.35. The molecule has 0 radical (unpaired) electrons. The molecule has 0 saturated heterocycles. The monoisotopic (exact) mass is 339 g/mol. The fourth-order valence-corrected chi connectivity index (χ4v) is 1.94. The molecule has 0 aliphatic carbocycles. The first-order valence-corrected chi connectivity index (χ1v) is 7.10. The average molecular weight is 340 g/mol. The molecular formula is C15H12Cl2FN3O. The van der Waals surface area contributed by atoms with Crippen molar-refractivity contribution in [3.63, 3.8) is 0 Å². The summed E-state index contributed by atoms with van der Waals surface area (Å²) in [5, 5.41) is 9.22. The summed E-state index contributed by atoms with van der Waals surface area (Å²) in [4.78, 5) is 7.73. The van der Waals surface area contributed by atoms with Crippen LogP contribution in [0.5, 0.6) is 5.75 Å². The van der Waals surface area contributed by atoms with Crippen molar-refractivity contribution in [2.24, 2.45) is 5.41 Å². The first-order chi connectivity index (χ1) is 10.3. The smallest absolute Gasteiger partial charge is 0.222 e. The molecule has 2 rings (SSSR count). The molecular weight excluding hydrogens is 328 g/mol. The third-order valence-electron chi connectivity index (χ3n) is 2.81. The zero-order valence-electron chi connectivity index (χ0n) is 11.9. The van der Waals surface area contributed by atoms with E-state index in [1.54, 1.807) is 19.9 Å². The minimum absolute atomic E-state index is 0.0240. The van der Waals surface area contributed by atoms with E-state index in [4.69, 9.17) is 33.2 Å². The number of benzene rings is 1. The van der Waals surface area contributed by atoms with E-state index in [0.717, 1.165) is 0 Å². The molecule has 0 aliphatic heterocycles. The predicted molar refractivity (Wildman–Crippen MR) is 82.3 cm³/mol. The molecule has 0 bridgehead atoms. The molecule has 0 fully saturated rings. The maximum Gasteiger partial charge on any atom is 0.222 e. The number of hydrogen-bond donors (Lipinski definition) is 0. The van der Waals surface area contributed by atoms with Crippen molar-refractivity contribution in [1.29, 1.82) is 5.26 Å². The lowest BCUT2D eigenvalue weighted by Crippen LogP contribution is -2.19. The minimum atomic E-state index is -0.700. The number of rotatable bonds is 4. The standard InChI is InChI=1S/C15H12Cl2FN3O/c1-15(2,7-19)8-22-12-4-3-9(5-11(12)18)13-10(16)6-20-14(17)21-13/h3-6H,8H2,1-2H3. The molecule has 0 saturated carbocycles. The summed E-state index contributed by atoms with van der Waals surface area (Å²) in [5.41, 5.74) is 0.0948. The number of aromatic nitrogens is 2. The van der Waals surface area contributed by atoms with Crippen molar-refractivity contribution in [2.75, 3.05) is 6.61 Å². The summed E-state index contributed by atoms with van der Waals surface area (Å²) >= 11 is 11.7. The van der Waals surface area contributed by atoms with Crippen LogP contribution in [0, 0.1) is 22.6 Å². The second kappa shape index (κ2) is 6.47. The molecule has 0 spiro atoms. The van der Waals surface area contributed by atoms with E-state index in [9.17, 15) is 4.39 Å². The van der Waals surface area contributed by atoms with Crippen LogP contribution in [-0.2, 0) is 0 Å². The van der Waals surface area contributed by atoms with Crippen molar-refractivity contribution < 1.29 is 9.13 Å². The van der Waals surface area contributed by atoms with Crippen molar-refractivity contribution >= 4 is 23.2 Å². The van der Waals surface area contributed by atoms with Gasteiger partial charge in [0.05, 0.1) is 28.4 Å². The Bertz CT molecular complexity index is 744. The predicted octanol–water partition coefficient (Wildman–Crippen LogP) is 4.52. The summed E-state index contributed by atoms with van der Waals surface area (Å²) in [6.45, 7) is 3.50. The van der Waals surface area contributed by atoms with Gasteiger partial charge in [0.15, 0.2) is 11.6 Å². The highest BCUT2D eigenvalue weighted by Crippen LogP contribution is 2.30. The molecule has 22 heavy (non-hydrogen) atoms. The maximum absolute atomic E-state index is 14.1. The molecule has 0 unspecified atom stereocenters. The fourth-order valence-electron chi connectivity index (χ4n) is 1.60. The second-order valence-corrected chi connectivity index (χ2v) is 6.01. The van der Waals surface area contributed by atoms with Gasteiger partial charge in [0.25, 0.3) is 0 Å². The Kier molecular flexibility index (Phi) is 4.84. The zero-order valence-corrected chi connectivity index (χ0v) is 13.4. The molecule has 2 aromatic rings. The lowest BCUT2D eigenvalue weighted by Gasteiger charge is -2.16. The Labute approximate surface area is 137 Å². The lowest BCUT2D eigenvalue weighted by molar-refractivity contribution is 0.219. The van der Waals surface area contributed by atoms with E-state index >= 15 is 0 Å². The number of ether oxygens (including phenoxy) is 1. The second-order valence-electron chi connectivity index (χ2n) is 5.27. The SMILES string of the molecule is CC(C)(C#N)COc1ccc(-c2nc(Cl)ncc2Cl)cc1F. The van der Waals surface area contributed by atoms with Crippen molar-refractivity contribution in [3.05, 3.63) is 40.5 Å². The van der Waals surface area contributed by atoms with Crippen molar-refractivity contribution in [2.45, 2.75) is 13.8 Å². The van der Waals surface area contributed by atoms with Gasteiger partial charge in [-0.05, 0) is 43.6 Å². The van der Waals surface area contributed by atoms with Gasteiger partial charge < -0.3 is 4.74 Å². The van der Waals surface area contributed by atoms with Gasteiger partial charge in [0.1, 0.15) is 6.61 Å². The van der Waals surface area contributed by atoms with Crippen molar-refractivity contribution in [1.82, 2.24) is 9.97 Å². The molecule has 4 nitrogen and oxygen atoms in total. The first kappa shape index (κ1) is 16.5. The highest BCUT2D eigenvalue weighted by molar-refractivity contribution is 6.33. The summed E-state index contributed by atoms with van der Waals surface area (Å²) < 4.78 is 19.5. The Morgan fingerprint density at radius 2 is 2.09 bits per heavy atom. The normalized spacial score (nSPS) is 11.1. The summed E-state index contributed by atoms with van der Waals surface area (Å²) in [5.74, 6) is -0.514. The highest BCUT2D eigenvalue weighted by atomic mass is 35.5. The Balaban J connectivity index is 2.27. The topological polar surface area (TPSA) is 58.8 Å².